The number of anilines is 1. The third-order valence-electron chi connectivity index (χ3n) is 4.69. The molecular formula is C17H22N2O3. The lowest BCUT2D eigenvalue weighted by molar-refractivity contribution is -0.117. The van der Waals surface area contributed by atoms with Gasteiger partial charge in [0.25, 0.3) is 5.91 Å². The molecule has 1 aliphatic heterocycles. The van der Waals surface area contributed by atoms with Gasteiger partial charge in [-0.1, -0.05) is 6.92 Å². The maximum Gasteiger partial charge on any atom is 0.254 e. The van der Waals surface area contributed by atoms with E-state index in [4.69, 9.17) is 0 Å². The van der Waals surface area contributed by atoms with Crippen LogP contribution in [0.25, 0.3) is 0 Å². The van der Waals surface area contributed by atoms with E-state index in [1.807, 2.05) is 0 Å². The summed E-state index contributed by atoms with van der Waals surface area (Å²) in [6.07, 6.45) is 2.75. The highest BCUT2D eigenvalue weighted by molar-refractivity contribution is 5.97. The molecule has 2 unspecified atom stereocenters. The second kappa shape index (κ2) is 6.08. The van der Waals surface area contributed by atoms with Gasteiger partial charge in [-0.25, -0.2) is 0 Å². The number of amides is 2. The zero-order chi connectivity index (χ0) is 15.7. The first-order valence-corrected chi connectivity index (χ1v) is 7.93. The minimum absolute atomic E-state index is 0.0133. The van der Waals surface area contributed by atoms with Crippen molar-refractivity contribution in [1.82, 2.24) is 4.90 Å². The van der Waals surface area contributed by atoms with E-state index in [-0.39, 0.29) is 30.4 Å². The Morgan fingerprint density at radius 1 is 1.32 bits per heavy atom. The van der Waals surface area contributed by atoms with E-state index in [0.717, 1.165) is 24.9 Å². The van der Waals surface area contributed by atoms with Gasteiger partial charge in [0.1, 0.15) is 0 Å². The summed E-state index contributed by atoms with van der Waals surface area (Å²) < 4.78 is 0. The summed E-state index contributed by atoms with van der Waals surface area (Å²) in [4.78, 5) is 26.1. The summed E-state index contributed by atoms with van der Waals surface area (Å²) in [6, 6.07) is 6.94. The van der Waals surface area contributed by atoms with Crippen molar-refractivity contribution in [1.29, 1.82) is 0 Å². The van der Waals surface area contributed by atoms with Gasteiger partial charge >= 0.3 is 0 Å². The lowest BCUT2D eigenvalue weighted by atomic mass is 10.1. The molecule has 3 rings (SSSR count). The fourth-order valence-electron chi connectivity index (χ4n) is 3.08. The molecule has 2 fully saturated rings. The summed E-state index contributed by atoms with van der Waals surface area (Å²) in [5, 5.41) is 12.2. The molecular weight excluding hydrogens is 280 g/mol. The molecule has 5 heteroatoms. The number of hydrogen-bond acceptors (Lipinski definition) is 3. The van der Waals surface area contributed by atoms with E-state index >= 15 is 0 Å². The molecule has 1 saturated heterocycles. The Bertz CT molecular complexity index is 570. The Hall–Kier alpha value is -1.88. The number of rotatable bonds is 4. The molecule has 0 bridgehead atoms. The maximum absolute atomic E-state index is 12.4. The molecule has 3 atom stereocenters. The molecule has 2 aliphatic rings. The Balaban J connectivity index is 1.63. The van der Waals surface area contributed by atoms with Crippen molar-refractivity contribution >= 4 is 17.5 Å². The molecule has 1 aromatic carbocycles. The number of carbonyl (C=O) groups is 2. The number of aliphatic hydroxyl groups excluding tert-OH is 1. The van der Waals surface area contributed by atoms with Gasteiger partial charge < -0.3 is 15.3 Å². The second-order valence-electron chi connectivity index (χ2n) is 6.36. The first-order valence-electron chi connectivity index (χ1n) is 7.93. The van der Waals surface area contributed by atoms with Crippen LogP contribution in [0.5, 0.6) is 0 Å². The highest BCUT2D eigenvalue weighted by Gasteiger charge is 2.39. The van der Waals surface area contributed by atoms with Crippen molar-refractivity contribution in [3.63, 3.8) is 0 Å². The summed E-state index contributed by atoms with van der Waals surface area (Å²) in [5.74, 6) is 0.624. The molecule has 0 radical (unpaired) electrons. The number of nitrogens with one attached hydrogen (secondary N) is 1. The van der Waals surface area contributed by atoms with Gasteiger partial charge in [-0.3, -0.25) is 9.59 Å². The number of aliphatic hydroxyl groups is 1. The fourth-order valence-corrected chi connectivity index (χ4v) is 3.08. The predicted octanol–water partition coefficient (Wildman–Crippen LogP) is 1.88. The van der Waals surface area contributed by atoms with Crippen LogP contribution in [0.2, 0.25) is 0 Å². The minimum Gasteiger partial charge on any atom is -0.394 e. The van der Waals surface area contributed by atoms with Crippen molar-refractivity contribution in [3.05, 3.63) is 29.8 Å². The van der Waals surface area contributed by atoms with Crippen LogP contribution in [0.4, 0.5) is 5.69 Å². The molecule has 2 N–H and O–H groups in total. The lowest BCUT2D eigenvalue weighted by Gasteiger charge is -2.23. The van der Waals surface area contributed by atoms with E-state index in [0.29, 0.717) is 18.0 Å². The number of carbonyl (C=O) groups excluding carboxylic acids is 2. The van der Waals surface area contributed by atoms with Crippen LogP contribution in [0.15, 0.2) is 24.3 Å². The van der Waals surface area contributed by atoms with Gasteiger partial charge in [0.15, 0.2) is 0 Å². The van der Waals surface area contributed by atoms with Crippen LogP contribution < -0.4 is 5.32 Å². The molecule has 2 amide bonds. The Labute approximate surface area is 130 Å². The Morgan fingerprint density at radius 3 is 2.59 bits per heavy atom. The number of likely N-dealkylation sites (tertiary alicyclic amines) is 1. The Morgan fingerprint density at radius 2 is 2.00 bits per heavy atom. The summed E-state index contributed by atoms with van der Waals surface area (Å²) in [7, 11) is 0. The first kappa shape index (κ1) is 15.0. The normalized spacial score (nSPS) is 26.8. The van der Waals surface area contributed by atoms with Crippen LogP contribution in [-0.4, -0.2) is 41.0 Å². The van der Waals surface area contributed by atoms with Gasteiger partial charge in [0, 0.05) is 23.7 Å². The van der Waals surface area contributed by atoms with Gasteiger partial charge in [-0.2, -0.15) is 0 Å². The third-order valence-corrected chi connectivity index (χ3v) is 4.69. The Kier molecular flexibility index (Phi) is 4.16. The SMILES string of the molecule is CC1CC1C(=O)Nc1ccc(C(=O)N2CCC[C@@H]2CO)cc1. The molecule has 22 heavy (non-hydrogen) atoms. The highest BCUT2D eigenvalue weighted by atomic mass is 16.3. The van der Waals surface area contributed by atoms with E-state index in [2.05, 4.69) is 12.2 Å². The van der Waals surface area contributed by atoms with Crippen LogP contribution in [-0.2, 0) is 4.79 Å². The topological polar surface area (TPSA) is 69.6 Å². The van der Waals surface area contributed by atoms with Crippen molar-refractivity contribution < 1.29 is 14.7 Å². The van der Waals surface area contributed by atoms with Crippen LogP contribution >= 0.6 is 0 Å². The summed E-state index contributed by atoms with van der Waals surface area (Å²) in [6.45, 7) is 2.78. The molecule has 1 saturated carbocycles. The van der Waals surface area contributed by atoms with Gasteiger partial charge in [-0.15, -0.1) is 0 Å². The zero-order valence-corrected chi connectivity index (χ0v) is 12.8. The number of nitrogens with zero attached hydrogens (tertiary/aromatic N) is 1. The van der Waals surface area contributed by atoms with Crippen molar-refractivity contribution in [2.24, 2.45) is 11.8 Å². The number of benzene rings is 1. The van der Waals surface area contributed by atoms with Gasteiger partial charge in [0.2, 0.25) is 5.91 Å². The average molecular weight is 302 g/mol. The third kappa shape index (κ3) is 2.99. The van der Waals surface area contributed by atoms with Crippen LogP contribution in [0, 0.1) is 11.8 Å². The first-order chi connectivity index (χ1) is 10.6. The molecule has 118 valence electrons. The van der Waals surface area contributed by atoms with E-state index in [1.54, 1.807) is 29.2 Å². The molecule has 0 spiro atoms. The standard InChI is InChI=1S/C17H22N2O3/c1-11-9-15(11)16(21)18-13-6-4-12(5-7-13)17(22)19-8-2-3-14(19)10-20/h4-7,11,14-15,20H,2-3,8-10H2,1H3,(H,18,21)/t11?,14-,15?/m1/s1. The summed E-state index contributed by atoms with van der Waals surface area (Å²) in [5.41, 5.74) is 1.32. The molecule has 1 aliphatic carbocycles. The number of hydrogen-bond donors (Lipinski definition) is 2. The largest absolute Gasteiger partial charge is 0.394 e. The van der Waals surface area contributed by atoms with Crippen molar-refractivity contribution in [2.45, 2.75) is 32.2 Å². The summed E-state index contributed by atoms with van der Waals surface area (Å²) >= 11 is 0. The molecule has 1 heterocycles. The van der Waals surface area contributed by atoms with Gasteiger partial charge in [-0.05, 0) is 49.4 Å². The zero-order valence-electron chi connectivity index (χ0n) is 12.8. The quantitative estimate of drug-likeness (QED) is 0.892. The average Bonchev–Trinajstić information content (AvgIpc) is 3.08. The monoisotopic (exact) mass is 302 g/mol. The van der Waals surface area contributed by atoms with Crippen LogP contribution in [0.3, 0.4) is 0 Å². The van der Waals surface area contributed by atoms with Crippen molar-refractivity contribution in [3.8, 4) is 0 Å². The van der Waals surface area contributed by atoms with Gasteiger partial charge in [0.05, 0.1) is 12.6 Å². The highest BCUT2D eigenvalue weighted by Crippen LogP contribution is 2.38. The predicted molar refractivity (Wildman–Crippen MR) is 83.5 cm³/mol. The van der Waals surface area contributed by atoms with E-state index in [9.17, 15) is 14.7 Å². The maximum atomic E-state index is 12.4. The minimum atomic E-state index is -0.0665. The van der Waals surface area contributed by atoms with Crippen molar-refractivity contribution in [2.75, 3.05) is 18.5 Å². The molecule has 5 nitrogen and oxygen atoms in total. The van der Waals surface area contributed by atoms with Crippen LogP contribution in [0.1, 0.15) is 36.5 Å². The lowest BCUT2D eigenvalue weighted by Crippen LogP contribution is -2.37. The smallest absolute Gasteiger partial charge is 0.254 e. The molecule has 0 aromatic heterocycles. The van der Waals surface area contributed by atoms with E-state index in [1.165, 1.54) is 0 Å². The fraction of sp³-hybridized carbons (Fsp3) is 0.529. The second-order valence-corrected chi connectivity index (χ2v) is 6.36. The van der Waals surface area contributed by atoms with E-state index < -0.39 is 0 Å². The molecule has 1 aromatic rings.